The average molecular weight is 203 g/mol. The summed E-state index contributed by atoms with van der Waals surface area (Å²) in [7, 11) is 1.87. The Hall–Kier alpha value is -1.11. The summed E-state index contributed by atoms with van der Waals surface area (Å²) in [6.07, 6.45) is 1.06. The van der Waals surface area contributed by atoms with E-state index in [4.69, 9.17) is 0 Å². The minimum Gasteiger partial charge on any atom is -0.297 e. The third-order valence-corrected chi connectivity index (χ3v) is 3.21. The fourth-order valence-electron chi connectivity index (χ4n) is 1.72. The van der Waals surface area contributed by atoms with Gasteiger partial charge in [-0.3, -0.25) is 4.99 Å². The molecule has 0 fully saturated rings. The lowest BCUT2D eigenvalue weighted by Gasteiger charge is -2.25. The zero-order chi connectivity index (χ0) is 11.5. The van der Waals surface area contributed by atoms with Gasteiger partial charge in [0.1, 0.15) is 0 Å². The van der Waals surface area contributed by atoms with Crippen molar-refractivity contribution >= 4 is 5.71 Å². The SMILES string of the molecule is C/N=C(/C)C(C)(C)Cc1ccccc1C. The Labute approximate surface area is 93.2 Å². The molecule has 0 saturated heterocycles. The molecule has 0 heterocycles. The van der Waals surface area contributed by atoms with Crippen LogP contribution in [0.25, 0.3) is 0 Å². The predicted octanol–water partition coefficient (Wildman–Crippen LogP) is 3.65. The lowest BCUT2D eigenvalue weighted by atomic mass is 9.80. The topological polar surface area (TPSA) is 12.4 Å². The van der Waals surface area contributed by atoms with E-state index < -0.39 is 0 Å². The molecule has 0 bridgehead atoms. The highest BCUT2D eigenvalue weighted by Gasteiger charge is 2.22. The van der Waals surface area contributed by atoms with E-state index in [-0.39, 0.29) is 5.41 Å². The van der Waals surface area contributed by atoms with Crippen LogP contribution in [-0.4, -0.2) is 12.8 Å². The van der Waals surface area contributed by atoms with Crippen molar-refractivity contribution in [3.8, 4) is 0 Å². The zero-order valence-corrected chi connectivity index (χ0v) is 10.5. The maximum Gasteiger partial charge on any atom is 0.0276 e. The molecule has 0 radical (unpaired) electrons. The zero-order valence-electron chi connectivity index (χ0n) is 10.5. The highest BCUT2D eigenvalue weighted by molar-refractivity contribution is 5.87. The molecule has 1 rings (SSSR count). The van der Waals surface area contributed by atoms with Crippen LogP contribution in [0.4, 0.5) is 0 Å². The largest absolute Gasteiger partial charge is 0.297 e. The summed E-state index contributed by atoms with van der Waals surface area (Å²) in [6, 6.07) is 8.58. The Kier molecular flexibility index (Phi) is 3.67. The Morgan fingerprint density at radius 2 is 1.87 bits per heavy atom. The van der Waals surface area contributed by atoms with Crippen LogP contribution in [0.2, 0.25) is 0 Å². The summed E-state index contributed by atoms with van der Waals surface area (Å²) in [4.78, 5) is 4.30. The first-order valence-electron chi connectivity index (χ1n) is 5.46. The second-order valence-electron chi connectivity index (χ2n) is 4.80. The maximum atomic E-state index is 4.30. The highest BCUT2D eigenvalue weighted by atomic mass is 14.7. The van der Waals surface area contributed by atoms with Crippen molar-refractivity contribution in [2.75, 3.05) is 7.05 Å². The molecule has 1 aromatic rings. The third kappa shape index (κ3) is 2.92. The minimum absolute atomic E-state index is 0.154. The van der Waals surface area contributed by atoms with Gasteiger partial charge in [0.15, 0.2) is 0 Å². The first kappa shape index (κ1) is 12.0. The molecule has 0 atom stereocenters. The van der Waals surface area contributed by atoms with Crippen LogP contribution in [0.5, 0.6) is 0 Å². The first-order chi connectivity index (χ1) is 6.97. The van der Waals surface area contributed by atoms with Crippen LogP contribution in [0.15, 0.2) is 29.3 Å². The van der Waals surface area contributed by atoms with Gasteiger partial charge in [-0.2, -0.15) is 0 Å². The molecular weight excluding hydrogens is 182 g/mol. The lowest BCUT2D eigenvalue weighted by molar-refractivity contribution is 0.515. The number of rotatable bonds is 3. The van der Waals surface area contributed by atoms with E-state index in [1.54, 1.807) is 0 Å². The summed E-state index contributed by atoms with van der Waals surface area (Å²) in [6.45, 7) is 8.78. The van der Waals surface area contributed by atoms with Gasteiger partial charge in [-0.25, -0.2) is 0 Å². The minimum atomic E-state index is 0.154. The van der Waals surface area contributed by atoms with Crippen molar-refractivity contribution < 1.29 is 0 Å². The van der Waals surface area contributed by atoms with E-state index in [0.717, 1.165) is 6.42 Å². The summed E-state index contributed by atoms with van der Waals surface area (Å²) in [5.41, 5.74) is 4.16. The van der Waals surface area contributed by atoms with Gasteiger partial charge >= 0.3 is 0 Å². The normalized spacial score (nSPS) is 13.0. The van der Waals surface area contributed by atoms with Crippen LogP contribution in [0.3, 0.4) is 0 Å². The number of aryl methyl sites for hydroxylation is 1. The molecule has 0 aromatic heterocycles. The molecule has 0 spiro atoms. The van der Waals surface area contributed by atoms with Crippen molar-refractivity contribution in [1.29, 1.82) is 0 Å². The van der Waals surface area contributed by atoms with Gasteiger partial charge in [-0.15, -0.1) is 0 Å². The van der Waals surface area contributed by atoms with E-state index in [1.165, 1.54) is 16.8 Å². The Morgan fingerprint density at radius 3 is 2.40 bits per heavy atom. The van der Waals surface area contributed by atoms with E-state index in [2.05, 4.69) is 57.0 Å². The second-order valence-corrected chi connectivity index (χ2v) is 4.80. The van der Waals surface area contributed by atoms with Crippen molar-refractivity contribution in [3.63, 3.8) is 0 Å². The van der Waals surface area contributed by atoms with Crippen molar-refractivity contribution in [1.82, 2.24) is 0 Å². The smallest absolute Gasteiger partial charge is 0.0276 e. The van der Waals surface area contributed by atoms with Crippen molar-refractivity contribution in [2.24, 2.45) is 10.4 Å². The first-order valence-corrected chi connectivity index (χ1v) is 5.46. The molecule has 1 aromatic carbocycles. The predicted molar refractivity (Wildman–Crippen MR) is 67.7 cm³/mol. The molecule has 0 N–H and O–H groups in total. The van der Waals surface area contributed by atoms with Crippen LogP contribution < -0.4 is 0 Å². The number of nitrogens with zero attached hydrogens (tertiary/aromatic N) is 1. The summed E-state index contributed by atoms with van der Waals surface area (Å²) < 4.78 is 0. The van der Waals surface area contributed by atoms with Gasteiger partial charge in [0.25, 0.3) is 0 Å². The lowest BCUT2D eigenvalue weighted by Crippen LogP contribution is -2.24. The summed E-state index contributed by atoms with van der Waals surface area (Å²) >= 11 is 0. The molecule has 0 aliphatic carbocycles. The van der Waals surface area contributed by atoms with Gasteiger partial charge < -0.3 is 0 Å². The third-order valence-electron chi connectivity index (χ3n) is 3.21. The molecule has 82 valence electrons. The quantitative estimate of drug-likeness (QED) is 0.665. The summed E-state index contributed by atoms with van der Waals surface area (Å²) in [5.74, 6) is 0. The average Bonchev–Trinajstić information content (AvgIpc) is 2.20. The van der Waals surface area contributed by atoms with Crippen molar-refractivity contribution in [3.05, 3.63) is 35.4 Å². The molecule has 15 heavy (non-hydrogen) atoms. The van der Waals surface area contributed by atoms with E-state index in [0.29, 0.717) is 0 Å². The van der Waals surface area contributed by atoms with Crippen LogP contribution >= 0.6 is 0 Å². The summed E-state index contributed by atoms with van der Waals surface area (Å²) in [5, 5.41) is 0. The Balaban J connectivity index is 2.91. The maximum absolute atomic E-state index is 4.30. The molecule has 0 aliphatic heterocycles. The van der Waals surface area contributed by atoms with Gasteiger partial charge in [-0.05, 0) is 31.4 Å². The number of hydrogen-bond donors (Lipinski definition) is 0. The molecule has 1 nitrogen and oxygen atoms in total. The molecule has 0 amide bonds. The second kappa shape index (κ2) is 4.61. The monoisotopic (exact) mass is 203 g/mol. The molecule has 0 unspecified atom stereocenters. The van der Waals surface area contributed by atoms with Gasteiger partial charge in [0.2, 0.25) is 0 Å². The van der Waals surface area contributed by atoms with E-state index >= 15 is 0 Å². The highest BCUT2D eigenvalue weighted by Crippen LogP contribution is 2.25. The van der Waals surface area contributed by atoms with Gasteiger partial charge in [0, 0.05) is 18.2 Å². The standard InChI is InChI=1S/C14H21N/c1-11-8-6-7-9-13(11)10-14(3,4)12(2)15-5/h6-9H,10H2,1-5H3/b15-12-. The van der Waals surface area contributed by atoms with Crippen LogP contribution in [-0.2, 0) is 6.42 Å². The van der Waals surface area contributed by atoms with Crippen LogP contribution in [0.1, 0.15) is 31.9 Å². The fraction of sp³-hybridized carbons (Fsp3) is 0.500. The van der Waals surface area contributed by atoms with E-state index in [1.807, 2.05) is 7.05 Å². The number of aliphatic imine (C=N–C) groups is 1. The molecule has 0 saturated carbocycles. The number of hydrogen-bond acceptors (Lipinski definition) is 1. The van der Waals surface area contributed by atoms with Gasteiger partial charge in [0.05, 0.1) is 0 Å². The molecule has 1 heteroatoms. The Morgan fingerprint density at radius 1 is 1.27 bits per heavy atom. The Bertz CT molecular complexity index is 361. The van der Waals surface area contributed by atoms with E-state index in [9.17, 15) is 0 Å². The molecule has 0 aliphatic rings. The van der Waals surface area contributed by atoms with Crippen LogP contribution in [0, 0.1) is 12.3 Å². The van der Waals surface area contributed by atoms with Crippen molar-refractivity contribution in [2.45, 2.75) is 34.1 Å². The van der Waals surface area contributed by atoms with Gasteiger partial charge in [-0.1, -0.05) is 38.1 Å². The fourth-order valence-corrected chi connectivity index (χ4v) is 1.72. The number of benzene rings is 1. The molecular formula is C14H21N.